The molecule has 3 aromatic rings. The first kappa shape index (κ1) is 16.0. The van der Waals surface area contributed by atoms with Crippen molar-refractivity contribution in [2.24, 2.45) is 0 Å². The van der Waals surface area contributed by atoms with Crippen LogP contribution < -0.4 is 0 Å². The van der Waals surface area contributed by atoms with Gasteiger partial charge in [-0.2, -0.15) is 0 Å². The molecule has 0 aliphatic rings. The highest BCUT2D eigenvalue weighted by Crippen LogP contribution is 2.23. The largest absolute Gasteiger partial charge is 0.457 e. The predicted octanol–water partition coefficient (Wildman–Crippen LogP) is 5.71. The van der Waals surface area contributed by atoms with Crippen molar-refractivity contribution in [2.75, 3.05) is 0 Å². The standard InChI is InChI=1S/C22H20O2/c1-3-17-6-10-18(11-7-17)21(23)14-12-20-13-15-22(24-20)19-8-4-16(2)5-9-19/h4-15H,3H2,1-2H3/b14-12+. The predicted molar refractivity (Wildman–Crippen MR) is 98.1 cm³/mol. The lowest BCUT2D eigenvalue weighted by Gasteiger charge is -1.98. The number of carbonyl (C=O) groups is 1. The number of rotatable bonds is 5. The van der Waals surface area contributed by atoms with E-state index in [1.54, 1.807) is 12.2 Å². The van der Waals surface area contributed by atoms with Gasteiger partial charge in [0, 0.05) is 11.1 Å². The second-order valence-electron chi connectivity index (χ2n) is 5.82. The summed E-state index contributed by atoms with van der Waals surface area (Å²) in [5, 5.41) is 0. The zero-order valence-corrected chi connectivity index (χ0v) is 14.0. The molecule has 3 rings (SSSR count). The SMILES string of the molecule is CCc1ccc(C(=O)/C=C/c2ccc(-c3ccc(C)cc3)o2)cc1. The van der Waals surface area contributed by atoms with Crippen molar-refractivity contribution in [2.45, 2.75) is 20.3 Å². The average molecular weight is 316 g/mol. The molecule has 0 bridgehead atoms. The fourth-order valence-electron chi connectivity index (χ4n) is 2.47. The van der Waals surface area contributed by atoms with Crippen molar-refractivity contribution in [3.8, 4) is 11.3 Å². The van der Waals surface area contributed by atoms with Gasteiger partial charge in [-0.1, -0.05) is 61.0 Å². The lowest BCUT2D eigenvalue weighted by atomic mass is 10.1. The topological polar surface area (TPSA) is 30.2 Å². The third kappa shape index (κ3) is 3.72. The van der Waals surface area contributed by atoms with Crippen LogP contribution in [0.3, 0.4) is 0 Å². The van der Waals surface area contributed by atoms with E-state index in [-0.39, 0.29) is 5.78 Å². The minimum Gasteiger partial charge on any atom is -0.457 e. The molecule has 1 aromatic heterocycles. The Labute approximate surface area is 142 Å². The van der Waals surface area contributed by atoms with Gasteiger partial charge < -0.3 is 4.42 Å². The molecule has 0 spiro atoms. The Morgan fingerprint density at radius 3 is 2.33 bits per heavy atom. The zero-order chi connectivity index (χ0) is 16.9. The molecule has 0 radical (unpaired) electrons. The fourth-order valence-corrected chi connectivity index (χ4v) is 2.47. The summed E-state index contributed by atoms with van der Waals surface area (Å²) >= 11 is 0. The maximum Gasteiger partial charge on any atom is 0.185 e. The second-order valence-corrected chi connectivity index (χ2v) is 5.82. The first-order chi connectivity index (χ1) is 11.7. The maximum absolute atomic E-state index is 12.2. The highest BCUT2D eigenvalue weighted by Gasteiger charge is 2.05. The third-order valence-corrected chi connectivity index (χ3v) is 4.01. The summed E-state index contributed by atoms with van der Waals surface area (Å²) < 4.78 is 5.79. The highest BCUT2D eigenvalue weighted by molar-refractivity contribution is 6.06. The van der Waals surface area contributed by atoms with Crippen molar-refractivity contribution in [1.82, 2.24) is 0 Å². The van der Waals surface area contributed by atoms with Crippen LogP contribution >= 0.6 is 0 Å². The highest BCUT2D eigenvalue weighted by atomic mass is 16.3. The van der Waals surface area contributed by atoms with Gasteiger partial charge in [0.2, 0.25) is 0 Å². The third-order valence-electron chi connectivity index (χ3n) is 4.01. The van der Waals surface area contributed by atoms with Crippen molar-refractivity contribution in [3.05, 3.63) is 89.2 Å². The minimum absolute atomic E-state index is 0.0223. The van der Waals surface area contributed by atoms with Gasteiger partial charge in [0.05, 0.1) is 0 Å². The molecule has 0 N–H and O–H groups in total. The average Bonchev–Trinajstić information content (AvgIpc) is 3.09. The van der Waals surface area contributed by atoms with E-state index in [2.05, 4.69) is 26.0 Å². The van der Waals surface area contributed by atoms with E-state index in [1.807, 2.05) is 48.5 Å². The number of furan rings is 1. The van der Waals surface area contributed by atoms with Crippen molar-refractivity contribution < 1.29 is 9.21 Å². The Hall–Kier alpha value is -2.87. The summed E-state index contributed by atoms with van der Waals surface area (Å²) in [5.74, 6) is 1.45. The number of allylic oxidation sites excluding steroid dienone is 1. The molecule has 0 saturated heterocycles. The summed E-state index contributed by atoms with van der Waals surface area (Å²) in [4.78, 5) is 12.2. The molecule has 0 unspecified atom stereocenters. The number of ketones is 1. The fraction of sp³-hybridized carbons (Fsp3) is 0.136. The van der Waals surface area contributed by atoms with E-state index in [1.165, 1.54) is 11.1 Å². The molecular formula is C22H20O2. The quantitative estimate of drug-likeness (QED) is 0.445. The molecule has 2 heteroatoms. The van der Waals surface area contributed by atoms with E-state index in [0.717, 1.165) is 17.7 Å². The summed E-state index contributed by atoms with van der Waals surface area (Å²) in [5.41, 5.74) is 4.16. The monoisotopic (exact) mass is 316 g/mol. The molecule has 0 aliphatic carbocycles. The van der Waals surface area contributed by atoms with E-state index in [4.69, 9.17) is 4.42 Å². The molecular weight excluding hydrogens is 296 g/mol. The number of carbonyl (C=O) groups excluding carboxylic acids is 1. The van der Waals surface area contributed by atoms with Gasteiger partial charge >= 0.3 is 0 Å². The van der Waals surface area contributed by atoms with Gasteiger partial charge in [-0.05, 0) is 43.2 Å². The number of hydrogen-bond donors (Lipinski definition) is 0. The van der Waals surface area contributed by atoms with Crippen LogP contribution in [0.25, 0.3) is 17.4 Å². The van der Waals surface area contributed by atoms with Gasteiger partial charge in [-0.25, -0.2) is 0 Å². The molecule has 24 heavy (non-hydrogen) atoms. The molecule has 120 valence electrons. The lowest BCUT2D eigenvalue weighted by molar-refractivity contribution is 0.104. The van der Waals surface area contributed by atoms with Crippen molar-refractivity contribution in [3.63, 3.8) is 0 Å². The van der Waals surface area contributed by atoms with Crippen molar-refractivity contribution >= 4 is 11.9 Å². The Morgan fingerprint density at radius 1 is 0.958 bits per heavy atom. The van der Waals surface area contributed by atoms with Crippen LogP contribution in [0.5, 0.6) is 0 Å². The van der Waals surface area contributed by atoms with Crippen LogP contribution in [0.15, 0.2) is 71.2 Å². The summed E-state index contributed by atoms with van der Waals surface area (Å²) in [6.45, 7) is 4.15. The molecule has 0 atom stereocenters. The van der Waals surface area contributed by atoms with Gasteiger partial charge in [0.15, 0.2) is 5.78 Å². The molecule has 0 saturated carbocycles. The van der Waals surface area contributed by atoms with Gasteiger partial charge in [-0.3, -0.25) is 4.79 Å². The molecule has 2 nitrogen and oxygen atoms in total. The minimum atomic E-state index is -0.0223. The lowest BCUT2D eigenvalue weighted by Crippen LogP contribution is -1.94. The zero-order valence-electron chi connectivity index (χ0n) is 14.0. The van der Waals surface area contributed by atoms with Crippen LogP contribution in [0.2, 0.25) is 0 Å². The van der Waals surface area contributed by atoms with Gasteiger partial charge in [0.25, 0.3) is 0 Å². The number of hydrogen-bond acceptors (Lipinski definition) is 2. The first-order valence-electron chi connectivity index (χ1n) is 8.14. The van der Waals surface area contributed by atoms with E-state index in [0.29, 0.717) is 11.3 Å². The Morgan fingerprint density at radius 2 is 1.67 bits per heavy atom. The molecule has 0 aliphatic heterocycles. The van der Waals surface area contributed by atoms with E-state index in [9.17, 15) is 4.79 Å². The van der Waals surface area contributed by atoms with Crippen LogP contribution in [0.1, 0.15) is 34.2 Å². The summed E-state index contributed by atoms with van der Waals surface area (Å²) in [6.07, 6.45) is 4.24. The van der Waals surface area contributed by atoms with Gasteiger partial charge in [0.1, 0.15) is 11.5 Å². The van der Waals surface area contributed by atoms with Crippen LogP contribution in [0, 0.1) is 6.92 Å². The second kappa shape index (κ2) is 7.14. The first-order valence-corrected chi connectivity index (χ1v) is 8.14. The molecule has 2 aromatic carbocycles. The Kier molecular flexibility index (Phi) is 4.76. The maximum atomic E-state index is 12.2. The normalized spacial score (nSPS) is 11.1. The van der Waals surface area contributed by atoms with E-state index >= 15 is 0 Å². The van der Waals surface area contributed by atoms with Crippen LogP contribution in [-0.2, 0) is 6.42 Å². The number of benzene rings is 2. The van der Waals surface area contributed by atoms with Crippen LogP contribution in [-0.4, -0.2) is 5.78 Å². The Balaban J connectivity index is 1.72. The molecule has 0 fully saturated rings. The van der Waals surface area contributed by atoms with Crippen LogP contribution in [0.4, 0.5) is 0 Å². The summed E-state index contributed by atoms with van der Waals surface area (Å²) in [7, 11) is 0. The smallest absolute Gasteiger partial charge is 0.185 e. The number of aryl methyl sites for hydroxylation is 2. The summed E-state index contributed by atoms with van der Waals surface area (Å²) in [6, 6.07) is 19.7. The van der Waals surface area contributed by atoms with Crippen molar-refractivity contribution in [1.29, 1.82) is 0 Å². The Bertz CT molecular complexity index is 850. The molecule has 1 heterocycles. The van der Waals surface area contributed by atoms with E-state index < -0.39 is 0 Å². The van der Waals surface area contributed by atoms with Gasteiger partial charge in [-0.15, -0.1) is 0 Å². The molecule has 0 amide bonds.